The zero-order chi connectivity index (χ0) is 18.7. The van der Waals surface area contributed by atoms with Gasteiger partial charge in [0, 0.05) is 13.1 Å². The number of imide groups is 1. The van der Waals surface area contributed by atoms with Crippen LogP contribution in [0.2, 0.25) is 0 Å². The van der Waals surface area contributed by atoms with E-state index in [0.29, 0.717) is 25.4 Å². The Morgan fingerprint density at radius 3 is 2.46 bits per heavy atom. The molecule has 6 nitrogen and oxygen atoms in total. The van der Waals surface area contributed by atoms with Crippen molar-refractivity contribution in [3.63, 3.8) is 0 Å². The topological polar surface area (TPSA) is 69.7 Å². The van der Waals surface area contributed by atoms with Crippen molar-refractivity contribution in [1.82, 2.24) is 15.1 Å². The summed E-state index contributed by atoms with van der Waals surface area (Å²) in [6, 6.07) is 8.81. The maximum atomic E-state index is 13.2. The Kier molecular flexibility index (Phi) is 5.30. The Morgan fingerprint density at radius 2 is 1.85 bits per heavy atom. The minimum Gasteiger partial charge on any atom is -0.341 e. The van der Waals surface area contributed by atoms with Crippen LogP contribution in [0.4, 0.5) is 4.79 Å². The van der Waals surface area contributed by atoms with E-state index in [1.54, 1.807) is 4.90 Å². The Balaban J connectivity index is 1.78. The zero-order valence-electron chi connectivity index (χ0n) is 15.5. The number of carbonyl (C=O) groups excluding carboxylic acids is 3. The number of nitrogens with one attached hydrogen (secondary N) is 1. The smallest absolute Gasteiger partial charge is 0.325 e. The summed E-state index contributed by atoms with van der Waals surface area (Å²) in [5, 5.41) is 2.87. The molecule has 1 unspecified atom stereocenters. The van der Waals surface area contributed by atoms with Gasteiger partial charge in [0.1, 0.15) is 12.1 Å². The van der Waals surface area contributed by atoms with Crippen LogP contribution in [0.5, 0.6) is 0 Å². The average molecular weight is 357 g/mol. The number of carbonyl (C=O) groups is 3. The first-order chi connectivity index (χ1) is 12.5. The van der Waals surface area contributed by atoms with Gasteiger partial charge in [0.25, 0.3) is 5.91 Å². The fraction of sp³-hybridized carbons (Fsp3) is 0.550. The molecule has 0 bridgehead atoms. The van der Waals surface area contributed by atoms with E-state index < -0.39 is 11.6 Å². The van der Waals surface area contributed by atoms with Crippen molar-refractivity contribution in [3.8, 4) is 0 Å². The SMILES string of the molecule is CCCC1(c2ccccc2)NC(=O)N(CC(=O)N2CCC(C)CC2)C1=O. The number of likely N-dealkylation sites (tertiary alicyclic amines) is 1. The number of nitrogens with zero attached hydrogens (tertiary/aromatic N) is 2. The van der Waals surface area contributed by atoms with E-state index in [-0.39, 0.29) is 18.4 Å². The molecule has 0 saturated carbocycles. The monoisotopic (exact) mass is 357 g/mol. The minimum absolute atomic E-state index is 0.152. The quantitative estimate of drug-likeness (QED) is 0.823. The van der Waals surface area contributed by atoms with E-state index >= 15 is 0 Å². The highest BCUT2D eigenvalue weighted by Crippen LogP contribution is 2.33. The molecule has 0 spiro atoms. The molecule has 0 radical (unpaired) electrons. The molecule has 2 aliphatic heterocycles. The summed E-state index contributed by atoms with van der Waals surface area (Å²) in [6.45, 7) is 5.37. The van der Waals surface area contributed by atoms with Gasteiger partial charge in [0.15, 0.2) is 0 Å². The van der Waals surface area contributed by atoms with Crippen molar-refractivity contribution in [2.24, 2.45) is 5.92 Å². The number of urea groups is 1. The molecule has 1 aromatic carbocycles. The highest BCUT2D eigenvalue weighted by atomic mass is 16.2. The number of amides is 4. The van der Waals surface area contributed by atoms with Crippen LogP contribution in [-0.2, 0) is 15.1 Å². The summed E-state index contributed by atoms with van der Waals surface area (Å²) in [5.41, 5.74) is -0.300. The van der Waals surface area contributed by atoms with Gasteiger partial charge >= 0.3 is 6.03 Å². The lowest BCUT2D eigenvalue weighted by Gasteiger charge is -2.31. The van der Waals surface area contributed by atoms with Crippen LogP contribution in [0.15, 0.2) is 30.3 Å². The number of hydrogen-bond donors (Lipinski definition) is 1. The van der Waals surface area contributed by atoms with E-state index in [4.69, 9.17) is 0 Å². The highest BCUT2D eigenvalue weighted by molar-refractivity contribution is 6.09. The molecule has 2 saturated heterocycles. The van der Waals surface area contributed by atoms with E-state index in [1.165, 1.54) is 0 Å². The molecule has 140 valence electrons. The van der Waals surface area contributed by atoms with Crippen molar-refractivity contribution in [2.45, 2.75) is 45.1 Å². The largest absolute Gasteiger partial charge is 0.341 e. The number of hydrogen-bond acceptors (Lipinski definition) is 3. The Hall–Kier alpha value is -2.37. The van der Waals surface area contributed by atoms with Crippen LogP contribution in [0.3, 0.4) is 0 Å². The number of rotatable bonds is 5. The maximum Gasteiger partial charge on any atom is 0.325 e. The third kappa shape index (κ3) is 3.32. The van der Waals surface area contributed by atoms with Crippen LogP contribution < -0.4 is 5.32 Å². The molecule has 26 heavy (non-hydrogen) atoms. The Labute approximate surface area is 154 Å². The van der Waals surface area contributed by atoms with Crippen molar-refractivity contribution in [1.29, 1.82) is 0 Å². The molecular weight excluding hydrogens is 330 g/mol. The van der Waals surface area contributed by atoms with Gasteiger partial charge in [-0.05, 0) is 30.7 Å². The summed E-state index contributed by atoms with van der Waals surface area (Å²) in [4.78, 5) is 41.2. The molecule has 3 rings (SSSR count). The molecule has 2 heterocycles. The molecule has 4 amide bonds. The number of piperidine rings is 1. The maximum absolute atomic E-state index is 13.2. The molecule has 1 N–H and O–H groups in total. The minimum atomic E-state index is -1.07. The second kappa shape index (κ2) is 7.48. The van der Waals surface area contributed by atoms with Gasteiger partial charge in [-0.3, -0.25) is 14.5 Å². The summed E-state index contributed by atoms with van der Waals surface area (Å²) < 4.78 is 0. The second-order valence-corrected chi connectivity index (χ2v) is 7.41. The summed E-state index contributed by atoms with van der Waals surface area (Å²) in [6.07, 6.45) is 3.19. The lowest BCUT2D eigenvalue weighted by molar-refractivity contribution is -0.140. The van der Waals surface area contributed by atoms with Crippen LogP contribution in [0.25, 0.3) is 0 Å². The van der Waals surface area contributed by atoms with Gasteiger partial charge in [0.05, 0.1) is 0 Å². The zero-order valence-corrected chi connectivity index (χ0v) is 15.5. The third-order valence-corrected chi connectivity index (χ3v) is 5.50. The molecule has 0 aliphatic carbocycles. The van der Waals surface area contributed by atoms with Gasteiger partial charge in [-0.2, -0.15) is 0 Å². The molecular formula is C20H27N3O3. The molecule has 2 fully saturated rings. The fourth-order valence-corrected chi connectivity index (χ4v) is 3.87. The number of benzene rings is 1. The first-order valence-electron chi connectivity index (χ1n) is 9.45. The molecule has 1 atom stereocenters. The predicted molar refractivity (Wildman–Crippen MR) is 98.3 cm³/mol. The average Bonchev–Trinajstić information content (AvgIpc) is 2.88. The van der Waals surface area contributed by atoms with Gasteiger partial charge in [-0.25, -0.2) is 4.79 Å². The molecule has 1 aromatic rings. The fourth-order valence-electron chi connectivity index (χ4n) is 3.87. The molecule has 2 aliphatic rings. The van der Waals surface area contributed by atoms with E-state index in [2.05, 4.69) is 12.2 Å². The van der Waals surface area contributed by atoms with Crippen molar-refractivity contribution >= 4 is 17.8 Å². The standard InChI is InChI=1S/C20H27N3O3/c1-3-11-20(16-7-5-4-6-8-16)18(25)23(19(26)21-20)14-17(24)22-12-9-15(2)10-13-22/h4-8,15H,3,9-14H2,1-2H3,(H,21,26). The van der Waals surface area contributed by atoms with Gasteiger partial charge in [0.2, 0.25) is 5.91 Å². The van der Waals surface area contributed by atoms with Crippen LogP contribution in [0, 0.1) is 5.92 Å². The van der Waals surface area contributed by atoms with Gasteiger partial charge in [-0.15, -0.1) is 0 Å². The predicted octanol–water partition coefficient (Wildman–Crippen LogP) is 2.49. The van der Waals surface area contributed by atoms with Crippen molar-refractivity contribution in [3.05, 3.63) is 35.9 Å². The molecule has 0 aromatic heterocycles. The Bertz CT molecular complexity index is 683. The van der Waals surface area contributed by atoms with Crippen LogP contribution in [0.1, 0.15) is 45.1 Å². The summed E-state index contributed by atoms with van der Waals surface area (Å²) in [5.74, 6) is 0.140. The van der Waals surface area contributed by atoms with E-state index in [0.717, 1.165) is 29.7 Å². The summed E-state index contributed by atoms with van der Waals surface area (Å²) in [7, 11) is 0. The molecule has 6 heteroatoms. The second-order valence-electron chi connectivity index (χ2n) is 7.41. The highest BCUT2D eigenvalue weighted by Gasteiger charge is 2.52. The normalized spacial score (nSPS) is 24.1. The van der Waals surface area contributed by atoms with Gasteiger partial charge in [-0.1, -0.05) is 50.6 Å². The Morgan fingerprint density at radius 1 is 1.19 bits per heavy atom. The first kappa shape index (κ1) is 18.4. The lowest BCUT2D eigenvalue weighted by atomic mass is 9.85. The third-order valence-electron chi connectivity index (χ3n) is 5.50. The first-order valence-corrected chi connectivity index (χ1v) is 9.45. The van der Waals surface area contributed by atoms with Crippen molar-refractivity contribution in [2.75, 3.05) is 19.6 Å². The van der Waals surface area contributed by atoms with E-state index in [1.807, 2.05) is 37.3 Å². The van der Waals surface area contributed by atoms with Crippen LogP contribution in [-0.4, -0.2) is 47.3 Å². The van der Waals surface area contributed by atoms with Gasteiger partial charge < -0.3 is 10.2 Å². The van der Waals surface area contributed by atoms with E-state index in [9.17, 15) is 14.4 Å². The van der Waals surface area contributed by atoms with Crippen molar-refractivity contribution < 1.29 is 14.4 Å². The summed E-state index contributed by atoms with van der Waals surface area (Å²) >= 11 is 0. The lowest BCUT2D eigenvalue weighted by Crippen LogP contribution is -2.47. The van der Waals surface area contributed by atoms with Crippen LogP contribution >= 0.6 is 0 Å².